The summed E-state index contributed by atoms with van der Waals surface area (Å²) in [7, 11) is 0. The minimum atomic E-state index is -0.846. The summed E-state index contributed by atoms with van der Waals surface area (Å²) >= 11 is 0. The number of nitrogens with zero attached hydrogens (tertiary/aromatic N) is 1. The molecule has 2 N–H and O–H groups in total. The average molecular weight is 242 g/mol. The van der Waals surface area contributed by atoms with Crippen LogP contribution >= 0.6 is 0 Å². The van der Waals surface area contributed by atoms with Crippen LogP contribution in [0.2, 0.25) is 0 Å². The number of carbonyl (C=O) groups is 2. The maximum Gasteiger partial charge on any atom is 0.317 e. The van der Waals surface area contributed by atoms with Gasteiger partial charge < -0.3 is 15.3 Å². The van der Waals surface area contributed by atoms with Crippen molar-refractivity contribution < 1.29 is 14.7 Å². The van der Waals surface area contributed by atoms with Gasteiger partial charge in [0.1, 0.15) is 0 Å². The quantitative estimate of drug-likeness (QED) is 0.713. The summed E-state index contributed by atoms with van der Waals surface area (Å²) in [6, 6.07) is 0.258. The molecule has 2 amide bonds. The Balaban J connectivity index is 2.38. The fraction of sp³-hybridized carbons (Fsp3) is 0.833. The lowest BCUT2D eigenvalue weighted by molar-refractivity contribution is -0.141. The van der Waals surface area contributed by atoms with Gasteiger partial charge in [0, 0.05) is 19.1 Å². The fourth-order valence-electron chi connectivity index (χ4n) is 1.80. The third-order valence-corrected chi connectivity index (χ3v) is 3.05. The topological polar surface area (TPSA) is 69.6 Å². The first-order valence-corrected chi connectivity index (χ1v) is 6.37. The monoisotopic (exact) mass is 242 g/mol. The molecule has 0 aromatic carbocycles. The second kappa shape index (κ2) is 6.47. The summed E-state index contributed by atoms with van der Waals surface area (Å²) in [5.41, 5.74) is 0. The number of amides is 2. The Morgan fingerprint density at radius 1 is 1.41 bits per heavy atom. The number of rotatable bonds is 7. The Morgan fingerprint density at radius 3 is 2.47 bits per heavy atom. The number of urea groups is 1. The predicted molar refractivity (Wildman–Crippen MR) is 64.8 cm³/mol. The van der Waals surface area contributed by atoms with E-state index >= 15 is 0 Å². The van der Waals surface area contributed by atoms with Crippen LogP contribution in [0.25, 0.3) is 0 Å². The summed E-state index contributed by atoms with van der Waals surface area (Å²) in [5, 5.41) is 11.6. The highest BCUT2D eigenvalue weighted by Crippen LogP contribution is 2.26. The van der Waals surface area contributed by atoms with Gasteiger partial charge in [-0.3, -0.25) is 4.79 Å². The van der Waals surface area contributed by atoms with Gasteiger partial charge in [0.2, 0.25) is 0 Å². The van der Waals surface area contributed by atoms with Gasteiger partial charge in [-0.15, -0.1) is 0 Å². The lowest BCUT2D eigenvalue weighted by atomic mass is 10.1. The van der Waals surface area contributed by atoms with E-state index in [9.17, 15) is 9.59 Å². The van der Waals surface area contributed by atoms with Crippen molar-refractivity contribution in [1.29, 1.82) is 0 Å². The van der Waals surface area contributed by atoms with Crippen LogP contribution in [0.15, 0.2) is 0 Å². The van der Waals surface area contributed by atoms with Crippen molar-refractivity contribution in [3.8, 4) is 0 Å². The van der Waals surface area contributed by atoms with E-state index in [1.807, 2.05) is 18.7 Å². The summed E-state index contributed by atoms with van der Waals surface area (Å²) in [6.45, 7) is 4.82. The summed E-state index contributed by atoms with van der Waals surface area (Å²) in [5.74, 6) is -1.33. The normalized spacial score (nSPS) is 16.4. The SMILES string of the molecule is CCCN(C(=O)NCC(CC)C(=O)O)C1CC1. The Bertz CT molecular complexity index is 277. The Morgan fingerprint density at radius 2 is 2.06 bits per heavy atom. The van der Waals surface area contributed by atoms with Crippen molar-refractivity contribution in [3.63, 3.8) is 0 Å². The second-order valence-corrected chi connectivity index (χ2v) is 4.55. The second-order valence-electron chi connectivity index (χ2n) is 4.55. The first-order valence-electron chi connectivity index (χ1n) is 6.37. The molecule has 98 valence electrons. The Hall–Kier alpha value is -1.26. The molecule has 5 heteroatoms. The van der Waals surface area contributed by atoms with Crippen molar-refractivity contribution in [2.24, 2.45) is 5.92 Å². The molecular weight excluding hydrogens is 220 g/mol. The van der Waals surface area contributed by atoms with Crippen LogP contribution in [-0.4, -0.2) is 41.1 Å². The molecule has 0 saturated heterocycles. The number of hydrogen-bond donors (Lipinski definition) is 2. The van der Waals surface area contributed by atoms with E-state index in [0.29, 0.717) is 12.5 Å². The van der Waals surface area contributed by atoms with Crippen LogP contribution in [-0.2, 0) is 4.79 Å². The highest BCUT2D eigenvalue weighted by atomic mass is 16.4. The molecule has 0 aliphatic heterocycles. The third-order valence-electron chi connectivity index (χ3n) is 3.05. The van der Waals surface area contributed by atoms with E-state index < -0.39 is 11.9 Å². The standard InChI is InChI=1S/C12H22N2O3/c1-3-7-14(10-5-6-10)12(17)13-8-9(4-2)11(15)16/h9-10H,3-8H2,1-2H3,(H,13,17)(H,15,16). The first kappa shape index (κ1) is 13.8. The molecule has 0 aromatic rings. The van der Waals surface area contributed by atoms with E-state index in [2.05, 4.69) is 5.32 Å². The van der Waals surface area contributed by atoms with Crippen molar-refractivity contribution in [2.75, 3.05) is 13.1 Å². The third kappa shape index (κ3) is 4.24. The number of aliphatic carboxylic acids is 1. The number of nitrogens with one attached hydrogen (secondary N) is 1. The molecule has 0 bridgehead atoms. The van der Waals surface area contributed by atoms with Crippen LogP contribution in [0.1, 0.15) is 39.5 Å². The van der Waals surface area contributed by atoms with Gasteiger partial charge in [-0.1, -0.05) is 13.8 Å². The van der Waals surface area contributed by atoms with Gasteiger partial charge in [-0.25, -0.2) is 4.79 Å². The fourth-order valence-corrected chi connectivity index (χ4v) is 1.80. The van der Waals surface area contributed by atoms with Gasteiger partial charge in [0.05, 0.1) is 5.92 Å². The smallest absolute Gasteiger partial charge is 0.317 e. The molecule has 1 aliphatic carbocycles. The average Bonchev–Trinajstić information content (AvgIpc) is 3.09. The molecule has 1 fully saturated rings. The van der Waals surface area contributed by atoms with E-state index in [-0.39, 0.29) is 12.6 Å². The number of carboxylic acid groups (broad SMARTS) is 1. The van der Waals surface area contributed by atoms with Crippen molar-refractivity contribution in [3.05, 3.63) is 0 Å². The molecule has 1 saturated carbocycles. The molecule has 17 heavy (non-hydrogen) atoms. The maximum absolute atomic E-state index is 11.9. The zero-order chi connectivity index (χ0) is 12.8. The van der Waals surface area contributed by atoms with Crippen molar-refractivity contribution in [2.45, 2.75) is 45.6 Å². The van der Waals surface area contributed by atoms with Crippen LogP contribution in [0.3, 0.4) is 0 Å². The lowest BCUT2D eigenvalue weighted by Crippen LogP contribution is -2.44. The van der Waals surface area contributed by atoms with E-state index in [4.69, 9.17) is 5.11 Å². The van der Waals surface area contributed by atoms with E-state index in [0.717, 1.165) is 25.8 Å². The maximum atomic E-state index is 11.9. The van der Waals surface area contributed by atoms with Crippen LogP contribution in [0.4, 0.5) is 4.79 Å². The van der Waals surface area contributed by atoms with Gasteiger partial charge in [0.25, 0.3) is 0 Å². The molecule has 1 aliphatic rings. The Labute approximate surface area is 102 Å². The van der Waals surface area contributed by atoms with Gasteiger partial charge in [-0.05, 0) is 25.7 Å². The molecular formula is C12H22N2O3. The summed E-state index contributed by atoms with van der Waals surface area (Å²) in [6.07, 6.45) is 3.61. The van der Waals surface area contributed by atoms with Crippen molar-refractivity contribution in [1.82, 2.24) is 10.2 Å². The zero-order valence-corrected chi connectivity index (χ0v) is 10.6. The van der Waals surface area contributed by atoms with Gasteiger partial charge in [0.15, 0.2) is 0 Å². The molecule has 0 aromatic heterocycles. The first-order chi connectivity index (χ1) is 8.10. The minimum absolute atomic E-state index is 0.117. The molecule has 1 rings (SSSR count). The lowest BCUT2D eigenvalue weighted by Gasteiger charge is -2.23. The van der Waals surface area contributed by atoms with E-state index in [1.165, 1.54) is 0 Å². The highest BCUT2D eigenvalue weighted by Gasteiger charge is 2.32. The minimum Gasteiger partial charge on any atom is -0.481 e. The van der Waals surface area contributed by atoms with Gasteiger partial charge in [-0.2, -0.15) is 0 Å². The predicted octanol–water partition coefficient (Wildman–Crippen LogP) is 1.68. The van der Waals surface area contributed by atoms with Crippen LogP contribution < -0.4 is 5.32 Å². The molecule has 1 atom stereocenters. The number of carbonyl (C=O) groups excluding carboxylic acids is 1. The van der Waals surface area contributed by atoms with Crippen LogP contribution in [0.5, 0.6) is 0 Å². The summed E-state index contributed by atoms with van der Waals surface area (Å²) in [4.78, 5) is 24.5. The summed E-state index contributed by atoms with van der Waals surface area (Å²) < 4.78 is 0. The zero-order valence-electron chi connectivity index (χ0n) is 10.6. The molecule has 0 spiro atoms. The van der Waals surface area contributed by atoms with Gasteiger partial charge >= 0.3 is 12.0 Å². The molecule has 0 heterocycles. The van der Waals surface area contributed by atoms with Crippen molar-refractivity contribution >= 4 is 12.0 Å². The molecule has 1 unspecified atom stereocenters. The number of hydrogen-bond acceptors (Lipinski definition) is 2. The number of carboxylic acids is 1. The highest BCUT2D eigenvalue weighted by molar-refractivity contribution is 5.76. The molecule has 0 radical (unpaired) electrons. The largest absolute Gasteiger partial charge is 0.481 e. The van der Waals surface area contributed by atoms with Crippen LogP contribution in [0, 0.1) is 5.92 Å². The van der Waals surface area contributed by atoms with E-state index in [1.54, 1.807) is 0 Å². The molecule has 5 nitrogen and oxygen atoms in total. The Kier molecular flexibility index (Phi) is 5.25.